The standard InChI is InChI=1S/C14H26N2O2/c1-13(2)11(9-14(13,3)18-4)16-12(17)10-7-5-6-8-15-10/h10-11,15H,5-9H2,1-4H3,(H,16,17)/t10-,11-,14-/m0/s1. The molecule has 2 fully saturated rings. The zero-order valence-corrected chi connectivity index (χ0v) is 12.0. The van der Waals surface area contributed by atoms with Crippen molar-refractivity contribution in [2.24, 2.45) is 5.41 Å². The first kappa shape index (κ1) is 13.8. The molecule has 1 saturated heterocycles. The van der Waals surface area contributed by atoms with Crippen molar-refractivity contribution >= 4 is 5.91 Å². The molecule has 4 nitrogen and oxygen atoms in total. The van der Waals surface area contributed by atoms with Gasteiger partial charge in [-0.25, -0.2) is 0 Å². The number of ether oxygens (including phenoxy) is 1. The minimum Gasteiger partial charge on any atom is -0.378 e. The van der Waals surface area contributed by atoms with Crippen molar-refractivity contribution in [1.82, 2.24) is 10.6 Å². The second-order valence-corrected chi connectivity index (χ2v) is 6.42. The Labute approximate surface area is 110 Å². The lowest BCUT2D eigenvalue weighted by Crippen LogP contribution is -2.69. The van der Waals surface area contributed by atoms with Crippen molar-refractivity contribution in [3.05, 3.63) is 0 Å². The molecule has 1 amide bonds. The van der Waals surface area contributed by atoms with Gasteiger partial charge in [0.05, 0.1) is 11.6 Å². The fourth-order valence-electron chi connectivity index (χ4n) is 3.07. The highest BCUT2D eigenvalue weighted by molar-refractivity contribution is 5.82. The van der Waals surface area contributed by atoms with E-state index in [4.69, 9.17) is 4.74 Å². The SMILES string of the molecule is CO[C@@]1(C)C[C@H](NC(=O)[C@@H]2CCCCN2)C1(C)C. The molecule has 0 aromatic rings. The van der Waals surface area contributed by atoms with Crippen LogP contribution in [-0.2, 0) is 9.53 Å². The van der Waals surface area contributed by atoms with Crippen LogP contribution in [0, 0.1) is 5.41 Å². The molecule has 1 heterocycles. The van der Waals surface area contributed by atoms with Crippen LogP contribution in [-0.4, -0.2) is 37.2 Å². The van der Waals surface area contributed by atoms with Gasteiger partial charge in [-0.1, -0.05) is 20.3 Å². The van der Waals surface area contributed by atoms with Crippen LogP contribution in [0.3, 0.4) is 0 Å². The number of carbonyl (C=O) groups is 1. The zero-order chi connectivity index (χ0) is 13.4. The lowest BCUT2D eigenvalue weighted by atomic mass is 9.55. The Morgan fingerprint density at radius 1 is 1.33 bits per heavy atom. The maximum Gasteiger partial charge on any atom is 0.237 e. The molecular formula is C14H26N2O2. The highest BCUT2D eigenvalue weighted by Crippen LogP contribution is 2.51. The third-order valence-electron chi connectivity index (χ3n) is 5.22. The van der Waals surface area contributed by atoms with Crippen LogP contribution in [0.15, 0.2) is 0 Å². The number of hydrogen-bond acceptors (Lipinski definition) is 3. The minimum absolute atomic E-state index is 0.00366. The summed E-state index contributed by atoms with van der Waals surface area (Å²) in [6, 6.07) is 0.225. The van der Waals surface area contributed by atoms with Crippen LogP contribution in [0.4, 0.5) is 0 Å². The lowest BCUT2D eigenvalue weighted by Gasteiger charge is -2.59. The Morgan fingerprint density at radius 3 is 2.56 bits per heavy atom. The summed E-state index contributed by atoms with van der Waals surface area (Å²) in [6.07, 6.45) is 4.19. The van der Waals surface area contributed by atoms with Crippen molar-refractivity contribution in [2.45, 2.75) is 64.1 Å². The normalized spacial score (nSPS) is 38.9. The molecular weight excluding hydrogens is 228 g/mol. The van der Waals surface area contributed by atoms with Gasteiger partial charge in [-0.2, -0.15) is 0 Å². The molecule has 0 aromatic carbocycles. The highest BCUT2D eigenvalue weighted by atomic mass is 16.5. The van der Waals surface area contributed by atoms with Crippen molar-refractivity contribution in [3.63, 3.8) is 0 Å². The maximum atomic E-state index is 12.2. The Morgan fingerprint density at radius 2 is 2.06 bits per heavy atom. The van der Waals surface area contributed by atoms with E-state index >= 15 is 0 Å². The summed E-state index contributed by atoms with van der Waals surface area (Å²) in [5.41, 5.74) is -0.128. The van der Waals surface area contributed by atoms with Gasteiger partial charge in [0.2, 0.25) is 5.91 Å². The first-order valence-corrected chi connectivity index (χ1v) is 6.99. The largest absolute Gasteiger partial charge is 0.378 e. The molecule has 2 rings (SSSR count). The van der Waals surface area contributed by atoms with Crippen LogP contribution in [0.1, 0.15) is 46.5 Å². The summed E-state index contributed by atoms with van der Waals surface area (Å²) in [5.74, 6) is 0.158. The third kappa shape index (κ3) is 2.16. The predicted molar refractivity (Wildman–Crippen MR) is 71.4 cm³/mol. The van der Waals surface area contributed by atoms with E-state index in [-0.39, 0.29) is 29.0 Å². The summed E-state index contributed by atoms with van der Waals surface area (Å²) >= 11 is 0. The van der Waals surface area contributed by atoms with E-state index in [1.165, 1.54) is 6.42 Å². The molecule has 2 aliphatic rings. The molecule has 18 heavy (non-hydrogen) atoms. The molecule has 0 spiro atoms. The Kier molecular flexibility index (Phi) is 3.70. The predicted octanol–water partition coefficient (Wildman–Crippen LogP) is 1.45. The molecule has 104 valence electrons. The number of rotatable bonds is 3. The first-order chi connectivity index (χ1) is 8.40. The van der Waals surface area contributed by atoms with Gasteiger partial charge in [-0.3, -0.25) is 4.79 Å². The summed E-state index contributed by atoms with van der Waals surface area (Å²) in [4.78, 5) is 12.2. The molecule has 1 aliphatic heterocycles. The van der Waals surface area contributed by atoms with Crippen molar-refractivity contribution in [2.75, 3.05) is 13.7 Å². The van der Waals surface area contributed by atoms with Gasteiger partial charge in [-0.05, 0) is 32.7 Å². The summed E-state index contributed by atoms with van der Waals surface area (Å²) < 4.78 is 5.58. The Bertz CT molecular complexity index is 324. The zero-order valence-electron chi connectivity index (χ0n) is 12.0. The second kappa shape index (κ2) is 4.82. The van der Waals surface area contributed by atoms with Crippen LogP contribution >= 0.6 is 0 Å². The maximum absolute atomic E-state index is 12.2. The van der Waals surface area contributed by atoms with Crippen molar-refractivity contribution in [3.8, 4) is 0 Å². The van der Waals surface area contributed by atoms with E-state index in [2.05, 4.69) is 31.4 Å². The summed E-state index contributed by atoms with van der Waals surface area (Å²) in [7, 11) is 1.75. The van der Waals surface area contributed by atoms with Crippen molar-refractivity contribution < 1.29 is 9.53 Å². The number of nitrogens with one attached hydrogen (secondary N) is 2. The van der Waals surface area contributed by atoms with Gasteiger partial charge in [0.15, 0.2) is 0 Å². The van der Waals surface area contributed by atoms with E-state index in [9.17, 15) is 4.79 Å². The molecule has 0 radical (unpaired) electrons. The third-order valence-corrected chi connectivity index (χ3v) is 5.22. The smallest absolute Gasteiger partial charge is 0.237 e. The average molecular weight is 254 g/mol. The van der Waals surface area contributed by atoms with E-state index in [1.807, 2.05) is 0 Å². The van der Waals surface area contributed by atoms with E-state index in [1.54, 1.807) is 7.11 Å². The molecule has 3 atom stereocenters. The van der Waals surface area contributed by atoms with Crippen LogP contribution in [0.2, 0.25) is 0 Å². The highest BCUT2D eigenvalue weighted by Gasteiger charge is 2.58. The monoisotopic (exact) mass is 254 g/mol. The quantitative estimate of drug-likeness (QED) is 0.801. The van der Waals surface area contributed by atoms with Crippen LogP contribution in [0.5, 0.6) is 0 Å². The number of methoxy groups -OCH3 is 1. The fourth-order valence-corrected chi connectivity index (χ4v) is 3.07. The molecule has 0 unspecified atom stereocenters. The van der Waals surface area contributed by atoms with Gasteiger partial charge in [0, 0.05) is 18.6 Å². The van der Waals surface area contributed by atoms with Gasteiger partial charge in [0.1, 0.15) is 0 Å². The number of piperidine rings is 1. The molecule has 0 aromatic heterocycles. The first-order valence-electron chi connectivity index (χ1n) is 6.99. The molecule has 1 saturated carbocycles. The average Bonchev–Trinajstić information content (AvgIpc) is 2.38. The lowest BCUT2D eigenvalue weighted by molar-refractivity contribution is -0.183. The minimum atomic E-state index is -0.120. The topological polar surface area (TPSA) is 50.4 Å². The number of amides is 1. The van der Waals surface area contributed by atoms with Gasteiger partial charge < -0.3 is 15.4 Å². The molecule has 0 bridgehead atoms. The van der Waals surface area contributed by atoms with E-state index < -0.39 is 0 Å². The van der Waals surface area contributed by atoms with E-state index in [0.717, 1.165) is 25.8 Å². The molecule has 2 N–H and O–H groups in total. The van der Waals surface area contributed by atoms with Crippen LogP contribution in [0.25, 0.3) is 0 Å². The van der Waals surface area contributed by atoms with Gasteiger partial charge >= 0.3 is 0 Å². The Balaban J connectivity index is 1.89. The van der Waals surface area contributed by atoms with E-state index in [0.29, 0.717) is 0 Å². The second-order valence-electron chi connectivity index (χ2n) is 6.42. The summed E-state index contributed by atoms with van der Waals surface area (Å²) in [6.45, 7) is 7.41. The molecule has 1 aliphatic carbocycles. The Hall–Kier alpha value is -0.610. The van der Waals surface area contributed by atoms with Gasteiger partial charge in [-0.15, -0.1) is 0 Å². The summed E-state index contributed by atoms with van der Waals surface area (Å²) in [5, 5.41) is 6.48. The molecule has 4 heteroatoms. The number of carbonyl (C=O) groups excluding carboxylic acids is 1. The fraction of sp³-hybridized carbons (Fsp3) is 0.929. The van der Waals surface area contributed by atoms with Crippen LogP contribution < -0.4 is 10.6 Å². The number of hydrogen-bond donors (Lipinski definition) is 2. The van der Waals surface area contributed by atoms with Crippen molar-refractivity contribution in [1.29, 1.82) is 0 Å². The van der Waals surface area contributed by atoms with Gasteiger partial charge in [0.25, 0.3) is 0 Å².